The summed E-state index contributed by atoms with van der Waals surface area (Å²) >= 11 is 1.89. The number of aromatic carboxylic acids is 1. The van der Waals surface area contributed by atoms with Crippen molar-refractivity contribution in [2.75, 3.05) is 9.74 Å². The molecule has 18 heavy (non-hydrogen) atoms. The maximum atomic E-state index is 11.2. The third-order valence-corrected chi connectivity index (χ3v) is 2.56. The minimum absolute atomic E-state index is 0.0961. The van der Waals surface area contributed by atoms with Gasteiger partial charge in [0.15, 0.2) is 0 Å². The molecule has 0 atom stereocenters. The summed E-state index contributed by atoms with van der Waals surface area (Å²) < 4.78 is 5.05. The molecule has 0 spiro atoms. The van der Waals surface area contributed by atoms with Crippen LogP contribution in [0.5, 0.6) is 5.75 Å². The van der Waals surface area contributed by atoms with Crippen LogP contribution in [-0.4, -0.2) is 27.4 Å². The zero-order chi connectivity index (χ0) is 13.7. The fourth-order valence-corrected chi connectivity index (χ4v) is 1.40. The Morgan fingerprint density at radius 3 is 2.56 bits per heavy atom. The molecule has 1 aromatic rings. The number of esters is 1. The van der Waals surface area contributed by atoms with E-state index in [1.165, 1.54) is 25.1 Å². The summed E-state index contributed by atoms with van der Waals surface area (Å²) in [6, 6.07) is 4.00. The van der Waals surface area contributed by atoms with Gasteiger partial charge in [0.05, 0.1) is 4.43 Å². The van der Waals surface area contributed by atoms with Gasteiger partial charge in [-0.25, -0.2) is 4.79 Å². The van der Waals surface area contributed by atoms with Crippen LogP contribution < -0.4 is 10.1 Å². The van der Waals surface area contributed by atoms with Gasteiger partial charge in [-0.05, 0) is 12.1 Å². The zero-order valence-electron chi connectivity index (χ0n) is 9.40. The zero-order valence-corrected chi connectivity index (χ0v) is 11.6. The molecule has 1 aromatic carbocycles. The van der Waals surface area contributed by atoms with Crippen LogP contribution in [0.1, 0.15) is 17.3 Å². The van der Waals surface area contributed by atoms with Gasteiger partial charge < -0.3 is 15.2 Å². The number of carbonyl (C=O) groups excluding carboxylic acids is 2. The van der Waals surface area contributed by atoms with Crippen LogP contribution in [0.2, 0.25) is 0 Å². The molecule has 0 radical (unpaired) electrons. The molecule has 96 valence electrons. The second-order valence-electron chi connectivity index (χ2n) is 3.29. The summed E-state index contributed by atoms with van der Waals surface area (Å²) in [6.45, 7) is 1.17. The Morgan fingerprint density at radius 1 is 1.39 bits per heavy atom. The molecule has 1 amide bonds. The Labute approximate surface area is 116 Å². The number of ether oxygens (including phenoxy) is 1. The second-order valence-corrected chi connectivity index (χ2v) is 4.05. The third-order valence-electron chi connectivity index (χ3n) is 1.87. The number of carboxylic acid groups (broad SMARTS) is 1. The van der Waals surface area contributed by atoms with E-state index in [-0.39, 0.29) is 21.6 Å². The highest BCUT2D eigenvalue weighted by Crippen LogP contribution is 2.24. The average molecular weight is 363 g/mol. The monoisotopic (exact) mass is 363 g/mol. The number of halogens is 1. The summed E-state index contributed by atoms with van der Waals surface area (Å²) in [7, 11) is 0. The van der Waals surface area contributed by atoms with Crippen LogP contribution in [0.25, 0.3) is 0 Å². The number of rotatable bonds is 4. The van der Waals surface area contributed by atoms with Crippen molar-refractivity contribution in [3.05, 3.63) is 23.8 Å². The number of alkyl halides is 1. The van der Waals surface area contributed by atoms with Gasteiger partial charge in [0.1, 0.15) is 11.3 Å². The quantitative estimate of drug-likeness (QED) is 0.368. The fraction of sp³-hybridized carbons (Fsp3) is 0.182. The van der Waals surface area contributed by atoms with E-state index < -0.39 is 11.9 Å². The lowest BCUT2D eigenvalue weighted by Crippen LogP contribution is -2.13. The molecule has 2 N–H and O–H groups in total. The molecule has 0 aliphatic carbocycles. The van der Waals surface area contributed by atoms with Crippen LogP contribution in [0.15, 0.2) is 18.2 Å². The number of nitrogens with one attached hydrogen (secondary N) is 1. The van der Waals surface area contributed by atoms with E-state index >= 15 is 0 Å². The summed E-state index contributed by atoms with van der Waals surface area (Å²) in [5.74, 6) is -2.17. The third kappa shape index (κ3) is 3.99. The molecule has 0 bridgehead atoms. The lowest BCUT2D eigenvalue weighted by Gasteiger charge is -2.09. The van der Waals surface area contributed by atoms with Crippen LogP contribution in [0.3, 0.4) is 0 Å². The summed E-state index contributed by atoms with van der Waals surface area (Å²) in [4.78, 5) is 33.0. The SMILES string of the molecule is CC(=O)Oc1cc(NC(=O)CI)ccc1C(=O)O. The Balaban J connectivity index is 3.08. The first-order valence-electron chi connectivity index (χ1n) is 4.85. The number of anilines is 1. The molecule has 0 unspecified atom stereocenters. The predicted molar refractivity (Wildman–Crippen MR) is 72.2 cm³/mol. The van der Waals surface area contributed by atoms with Crippen molar-refractivity contribution in [3.8, 4) is 5.75 Å². The highest BCUT2D eigenvalue weighted by Gasteiger charge is 2.14. The van der Waals surface area contributed by atoms with Crippen molar-refractivity contribution < 1.29 is 24.2 Å². The van der Waals surface area contributed by atoms with E-state index in [1.807, 2.05) is 22.6 Å². The number of hydrogen-bond donors (Lipinski definition) is 2. The van der Waals surface area contributed by atoms with Gasteiger partial charge in [-0.3, -0.25) is 9.59 Å². The maximum Gasteiger partial charge on any atom is 0.339 e. The molecule has 6 nitrogen and oxygen atoms in total. The van der Waals surface area contributed by atoms with Crippen LogP contribution in [0, 0.1) is 0 Å². The van der Waals surface area contributed by atoms with E-state index in [0.29, 0.717) is 5.69 Å². The molecule has 7 heteroatoms. The fourth-order valence-electron chi connectivity index (χ4n) is 1.21. The van der Waals surface area contributed by atoms with Crippen LogP contribution in [-0.2, 0) is 9.59 Å². The molecular weight excluding hydrogens is 353 g/mol. The van der Waals surface area contributed by atoms with E-state index in [9.17, 15) is 14.4 Å². The van der Waals surface area contributed by atoms with Gasteiger partial charge >= 0.3 is 11.9 Å². The number of benzene rings is 1. The lowest BCUT2D eigenvalue weighted by atomic mass is 10.2. The van der Waals surface area contributed by atoms with E-state index in [2.05, 4.69) is 5.32 Å². The molecular formula is C11H10INO5. The average Bonchev–Trinajstić information content (AvgIpc) is 2.27. The number of hydrogen-bond acceptors (Lipinski definition) is 4. The first-order chi connectivity index (χ1) is 8.43. The molecule has 1 rings (SSSR count). The normalized spacial score (nSPS) is 9.67. The van der Waals surface area contributed by atoms with Gasteiger partial charge in [0.25, 0.3) is 0 Å². The lowest BCUT2D eigenvalue weighted by molar-refractivity contribution is -0.131. The second kappa shape index (κ2) is 6.34. The maximum absolute atomic E-state index is 11.2. The van der Waals surface area contributed by atoms with Gasteiger partial charge in [-0.1, -0.05) is 22.6 Å². The smallest absolute Gasteiger partial charge is 0.339 e. The first-order valence-corrected chi connectivity index (χ1v) is 6.38. The summed E-state index contributed by atoms with van der Waals surface area (Å²) in [6.07, 6.45) is 0. The van der Waals surface area contributed by atoms with Gasteiger partial charge in [0.2, 0.25) is 5.91 Å². The number of carboxylic acids is 1. The Morgan fingerprint density at radius 2 is 2.06 bits per heavy atom. The van der Waals surface area contributed by atoms with Gasteiger partial charge in [0, 0.05) is 18.7 Å². The van der Waals surface area contributed by atoms with Crippen molar-refractivity contribution in [1.29, 1.82) is 0 Å². The number of carbonyl (C=O) groups is 3. The Hall–Kier alpha value is -1.64. The van der Waals surface area contributed by atoms with Crippen molar-refractivity contribution in [3.63, 3.8) is 0 Å². The standard InChI is InChI=1S/C11H10INO5/c1-6(14)18-9-4-7(13-10(15)5-12)2-3-8(9)11(16)17/h2-4H,5H2,1H3,(H,13,15)(H,16,17). The van der Waals surface area contributed by atoms with Gasteiger partial charge in [-0.2, -0.15) is 0 Å². The van der Waals surface area contributed by atoms with E-state index in [1.54, 1.807) is 0 Å². The summed E-state index contributed by atoms with van der Waals surface area (Å²) in [5, 5.41) is 11.5. The van der Waals surface area contributed by atoms with Crippen molar-refractivity contribution in [1.82, 2.24) is 0 Å². The van der Waals surface area contributed by atoms with Gasteiger partial charge in [-0.15, -0.1) is 0 Å². The summed E-state index contributed by atoms with van der Waals surface area (Å²) in [5.41, 5.74) is 0.232. The largest absolute Gasteiger partial charge is 0.478 e. The first kappa shape index (κ1) is 14.4. The van der Waals surface area contributed by atoms with Crippen molar-refractivity contribution in [2.24, 2.45) is 0 Å². The number of amides is 1. The van der Waals surface area contributed by atoms with Crippen LogP contribution in [0.4, 0.5) is 5.69 Å². The minimum atomic E-state index is -1.21. The van der Waals surface area contributed by atoms with Crippen molar-refractivity contribution in [2.45, 2.75) is 6.92 Å². The Kier molecular flexibility index (Phi) is 5.08. The molecule has 0 saturated carbocycles. The molecule has 0 aromatic heterocycles. The highest BCUT2D eigenvalue weighted by molar-refractivity contribution is 14.1. The predicted octanol–water partition coefficient (Wildman–Crippen LogP) is 1.68. The molecule has 0 saturated heterocycles. The minimum Gasteiger partial charge on any atom is -0.478 e. The molecule has 0 aliphatic rings. The van der Waals surface area contributed by atoms with Crippen LogP contribution >= 0.6 is 22.6 Å². The van der Waals surface area contributed by atoms with E-state index in [0.717, 1.165) is 0 Å². The molecule has 0 fully saturated rings. The molecule has 0 aliphatic heterocycles. The van der Waals surface area contributed by atoms with E-state index in [4.69, 9.17) is 9.84 Å². The Bertz CT molecular complexity index is 500. The van der Waals surface area contributed by atoms with Crippen molar-refractivity contribution >= 4 is 46.1 Å². The topological polar surface area (TPSA) is 92.7 Å². The molecule has 0 heterocycles. The highest BCUT2D eigenvalue weighted by atomic mass is 127.